The van der Waals surface area contributed by atoms with E-state index in [1.54, 1.807) is 24.1 Å². The van der Waals surface area contributed by atoms with Crippen molar-refractivity contribution in [2.24, 2.45) is 9.98 Å². The zero-order valence-electron chi connectivity index (χ0n) is 21.3. The summed E-state index contributed by atoms with van der Waals surface area (Å²) in [6.07, 6.45) is 1.09. The molecule has 2 N–H and O–H groups in total. The van der Waals surface area contributed by atoms with Gasteiger partial charge in [0.1, 0.15) is 17.7 Å². The van der Waals surface area contributed by atoms with Gasteiger partial charge in [-0.25, -0.2) is 9.38 Å². The number of carbonyl (C=O) groups excluding carboxylic acids is 3. The predicted molar refractivity (Wildman–Crippen MR) is 145 cm³/mol. The number of rotatable bonds is 11. The van der Waals surface area contributed by atoms with E-state index in [1.165, 1.54) is 23.9 Å². The number of halogens is 1. The Morgan fingerprint density at radius 2 is 1.89 bits per heavy atom. The molecule has 0 saturated carbocycles. The smallest absolute Gasteiger partial charge is 0.271 e. The van der Waals surface area contributed by atoms with Gasteiger partial charge in [0.2, 0.25) is 11.8 Å². The van der Waals surface area contributed by atoms with Crippen LogP contribution in [0.25, 0.3) is 0 Å². The van der Waals surface area contributed by atoms with Gasteiger partial charge in [-0.1, -0.05) is 43.0 Å². The third kappa shape index (κ3) is 6.46. The summed E-state index contributed by atoms with van der Waals surface area (Å²) in [6.45, 7) is 3.15. The van der Waals surface area contributed by atoms with E-state index in [-0.39, 0.29) is 30.6 Å². The summed E-state index contributed by atoms with van der Waals surface area (Å²) >= 11 is 1.25. The van der Waals surface area contributed by atoms with Gasteiger partial charge in [0.05, 0.1) is 17.4 Å². The minimum absolute atomic E-state index is 0.132. The minimum Gasteiger partial charge on any atom is -0.385 e. The summed E-state index contributed by atoms with van der Waals surface area (Å²) in [7, 11) is 1.61. The molecule has 0 aliphatic carbocycles. The van der Waals surface area contributed by atoms with Crippen LogP contribution >= 0.6 is 11.8 Å². The number of amides is 3. The molecule has 2 aliphatic rings. The Hall–Kier alpha value is -3.57. The second-order valence-corrected chi connectivity index (χ2v) is 10.0. The number of fused-ring (bicyclic) bond motifs is 3. The number of hydrogen-bond acceptors (Lipinski definition) is 7. The maximum absolute atomic E-state index is 13.2. The molecule has 4 rings (SSSR count). The number of para-hydroxylation sites is 1. The van der Waals surface area contributed by atoms with Crippen molar-refractivity contribution < 1.29 is 23.5 Å². The normalized spacial score (nSPS) is 16.8. The Morgan fingerprint density at radius 3 is 2.63 bits per heavy atom. The lowest BCUT2D eigenvalue weighted by Gasteiger charge is -2.32. The van der Waals surface area contributed by atoms with Crippen LogP contribution in [-0.2, 0) is 25.7 Å². The number of amidine groups is 2. The van der Waals surface area contributed by atoms with E-state index in [0.717, 1.165) is 5.56 Å². The SMILES string of the molecule is CCC(SC1=Nc2ccccc2C2=NC(=O)C(CC(=O)NCc3ccc(F)cc3)N12)C(=O)NCCCOC. The van der Waals surface area contributed by atoms with Crippen LogP contribution < -0.4 is 10.6 Å². The molecular weight excluding hydrogens is 509 g/mol. The molecule has 11 heteroatoms. The van der Waals surface area contributed by atoms with Crippen molar-refractivity contribution in [3.63, 3.8) is 0 Å². The Morgan fingerprint density at radius 1 is 1.13 bits per heavy atom. The summed E-state index contributed by atoms with van der Waals surface area (Å²) in [4.78, 5) is 49.5. The highest BCUT2D eigenvalue weighted by atomic mass is 32.2. The van der Waals surface area contributed by atoms with Crippen molar-refractivity contribution in [1.29, 1.82) is 0 Å². The summed E-state index contributed by atoms with van der Waals surface area (Å²) in [5.41, 5.74) is 2.08. The Labute approximate surface area is 224 Å². The van der Waals surface area contributed by atoms with Gasteiger partial charge in [-0.3, -0.25) is 19.3 Å². The van der Waals surface area contributed by atoms with E-state index < -0.39 is 17.2 Å². The van der Waals surface area contributed by atoms with Gasteiger partial charge in [0.15, 0.2) is 5.17 Å². The maximum Gasteiger partial charge on any atom is 0.271 e. The highest BCUT2D eigenvalue weighted by molar-refractivity contribution is 8.15. The standard InChI is InChI=1S/C27H30FN5O4S/c1-3-22(26(36)29-13-6-14-37-2)38-27-31-20-8-5-4-7-19(20)24-32-25(35)21(33(24)27)15-23(34)30-16-17-9-11-18(28)12-10-17/h4-5,7-12,21-22H,3,6,13-16H2,1-2H3,(H,29,36)(H,30,34). The van der Waals surface area contributed by atoms with Crippen molar-refractivity contribution in [2.45, 2.75) is 44.0 Å². The number of thioether (sulfide) groups is 1. The molecule has 0 bridgehead atoms. The second kappa shape index (κ2) is 12.8. The van der Waals surface area contributed by atoms with E-state index in [2.05, 4.69) is 15.6 Å². The van der Waals surface area contributed by atoms with Crippen LogP contribution in [0.15, 0.2) is 58.5 Å². The molecule has 0 aromatic heterocycles. The van der Waals surface area contributed by atoms with Crippen LogP contribution in [0.4, 0.5) is 10.1 Å². The fourth-order valence-electron chi connectivity index (χ4n) is 4.13. The maximum atomic E-state index is 13.2. The Bertz CT molecular complexity index is 1250. The highest BCUT2D eigenvalue weighted by Crippen LogP contribution is 2.36. The molecule has 38 heavy (non-hydrogen) atoms. The van der Waals surface area contributed by atoms with Crippen LogP contribution in [0.5, 0.6) is 0 Å². The minimum atomic E-state index is -0.889. The lowest BCUT2D eigenvalue weighted by molar-refractivity contribution is -0.126. The fourth-order valence-corrected chi connectivity index (χ4v) is 5.22. The predicted octanol–water partition coefficient (Wildman–Crippen LogP) is 3.16. The molecule has 9 nitrogen and oxygen atoms in total. The zero-order valence-corrected chi connectivity index (χ0v) is 22.1. The molecule has 2 aliphatic heterocycles. The van der Waals surface area contributed by atoms with Gasteiger partial charge >= 0.3 is 0 Å². The first kappa shape index (κ1) is 27.5. The monoisotopic (exact) mass is 539 g/mol. The second-order valence-electron chi connectivity index (χ2n) is 8.83. The quantitative estimate of drug-likeness (QED) is 0.425. The van der Waals surface area contributed by atoms with Gasteiger partial charge < -0.3 is 15.4 Å². The zero-order chi connectivity index (χ0) is 27.1. The lowest BCUT2D eigenvalue weighted by atomic mass is 10.1. The number of aliphatic imine (C=N–C) groups is 2. The van der Waals surface area contributed by atoms with E-state index in [9.17, 15) is 18.8 Å². The molecule has 3 amide bonds. The Kier molecular flexibility index (Phi) is 9.24. The number of hydrogen-bond donors (Lipinski definition) is 2. The van der Waals surface area contributed by atoms with Crippen molar-refractivity contribution in [2.75, 3.05) is 20.3 Å². The molecule has 2 aromatic carbocycles. The van der Waals surface area contributed by atoms with Gasteiger partial charge in [-0.15, -0.1) is 0 Å². The molecule has 2 aromatic rings. The highest BCUT2D eigenvalue weighted by Gasteiger charge is 2.43. The molecule has 0 saturated heterocycles. The van der Waals surface area contributed by atoms with Crippen LogP contribution in [0.2, 0.25) is 0 Å². The number of ether oxygens (including phenoxy) is 1. The van der Waals surface area contributed by atoms with Gasteiger partial charge in [-0.05, 0) is 42.7 Å². The molecule has 2 heterocycles. The third-order valence-corrected chi connectivity index (χ3v) is 7.46. The number of benzene rings is 2. The molecule has 0 fully saturated rings. The van der Waals surface area contributed by atoms with Crippen molar-refractivity contribution in [3.05, 3.63) is 65.5 Å². The van der Waals surface area contributed by atoms with E-state index >= 15 is 0 Å². The number of methoxy groups -OCH3 is 1. The topological polar surface area (TPSA) is 112 Å². The molecule has 0 radical (unpaired) electrons. The first-order chi connectivity index (χ1) is 18.4. The molecule has 2 unspecified atom stereocenters. The van der Waals surface area contributed by atoms with Crippen LogP contribution in [0.3, 0.4) is 0 Å². The number of nitrogens with one attached hydrogen (secondary N) is 2. The van der Waals surface area contributed by atoms with Crippen LogP contribution in [0, 0.1) is 5.82 Å². The van der Waals surface area contributed by atoms with E-state index in [4.69, 9.17) is 9.73 Å². The number of nitrogens with zero attached hydrogens (tertiary/aromatic N) is 3. The van der Waals surface area contributed by atoms with E-state index in [0.29, 0.717) is 48.2 Å². The summed E-state index contributed by atoms with van der Waals surface area (Å²) in [6, 6.07) is 12.3. The Balaban J connectivity index is 1.51. The molecule has 0 spiro atoms. The average Bonchev–Trinajstić information content (AvgIpc) is 3.25. The van der Waals surface area contributed by atoms with Gasteiger partial charge in [-0.2, -0.15) is 4.99 Å². The van der Waals surface area contributed by atoms with Crippen molar-refractivity contribution in [1.82, 2.24) is 15.5 Å². The first-order valence-corrected chi connectivity index (χ1v) is 13.3. The molecular formula is C27H30FN5O4S. The average molecular weight is 540 g/mol. The van der Waals surface area contributed by atoms with Crippen LogP contribution in [0.1, 0.15) is 37.3 Å². The summed E-state index contributed by atoms with van der Waals surface area (Å²) in [5, 5.41) is 5.71. The summed E-state index contributed by atoms with van der Waals surface area (Å²) in [5.74, 6) is -0.859. The summed E-state index contributed by atoms with van der Waals surface area (Å²) < 4.78 is 18.2. The largest absolute Gasteiger partial charge is 0.385 e. The lowest BCUT2D eigenvalue weighted by Crippen LogP contribution is -2.47. The third-order valence-electron chi connectivity index (χ3n) is 6.13. The first-order valence-electron chi connectivity index (χ1n) is 12.5. The molecule has 200 valence electrons. The van der Waals surface area contributed by atoms with Crippen LogP contribution in [-0.4, -0.2) is 65.2 Å². The van der Waals surface area contributed by atoms with Gasteiger partial charge in [0.25, 0.3) is 5.91 Å². The number of carbonyl (C=O) groups is 3. The fraction of sp³-hybridized carbons (Fsp3) is 0.370. The molecule has 2 atom stereocenters. The van der Waals surface area contributed by atoms with E-state index in [1.807, 2.05) is 31.2 Å². The van der Waals surface area contributed by atoms with Gasteiger partial charge in [0, 0.05) is 32.4 Å². The van der Waals surface area contributed by atoms with Crippen molar-refractivity contribution in [3.8, 4) is 0 Å². The van der Waals surface area contributed by atoms with Crippen molar-refractivity contribution >= 4 is 46.2 Å².